The van der Waals surface area contributed by atoms with Crippen molar-refractivity contribution in [1.29, 1.82) is 0 Å². The summed E-state index contributed by atoms with van der Waals surface area (Å²) in [6, 6.07) is 0. The zero-order chi connectivity index (χ0) is 15.5. The monoisotopic (exact) mass is 394 g/mol. The average Bonchev–Trinajstić information content (AvgIpc) is 2.65. The molecule has 2 aliphatic rings. The first-order valence-electron chi connectivity index (χ1n) is 7.82. The van der Waals surface area contributed by atoms with Crippen LogP contribution in [-0.2, 0) is 14.0 Å². The summed E-state index contributed by atoms with van der Waals surface area (Å²) in [6.07, 6.45) is 4.86. The minimum atomic E-state index is -2.78. The van der Waals surface area contributed by atoms with Crippen molar-refractivity contribution in [1.82, 2.24) is 0 Å². The molecule has 2 atom stereocenters. The van der Waals surface area contributed by atoms with Crippen LogP contribution in [0.15, 0.2) is 42.2 Å². The van der Waals surface area contributed by atoms with Gasteiger partial charge in [-0.05, 0) is 0 Å². The second-order valence-electron chi connectivity index (χ2n) is 8.10. The van der Waals surface area contributed by atoms with Gasteiger partial charge in [0.05, 0.1) is 0 Å². The van der Waals surface area contributed by atoms with Crippen LogP contribution in [0.2, 0.25) is 10.5 Å². The quantitative estimate of drug-likeness (QED) is 0.511. The molecule has 0 spiro atoms. The van der Waals surface area contributed by atoms with Crippen molar-refractivity contribution in [3.63, 3.8) is 0 Å². The van der Waals surface area contributed by atoms with E-state index < -0.39 is 14.0 Å². The zero-order valence-corrected chi connectivity index (χ0v) is 19.9. The maximum absolute atomic E-state index is 2.78. The third-order valence-corrected chi connectivity index (χ3v) is 16.8. The van der Waals surface area contributed by atoms with E-state index in [9.17, 15) is 0 Å². The Morgan fingerprint density at radius 1 is 0.773 bits per heavy atom. The predicted molar refractivity (Wildman–Crippen MR) is 106 cm³/mol. The van der Waals surface area contributed by atoms with Gasteiger partial charge in [0, 0.05) is 0 Å². The molecule has 2 aliphatic carbocycles. The van der Waals surface area contributed by atoms with Gasteiger partial charge in [-0.15, -0.1) is 24.8 Å². The Balaban J connectivity index is 0.00000220. The molecule has 0 aromatic rings. The van der Waals surface area contributed by atoms with E-state index in [1.165, 1.54) is 0 Å². The molecule has 22 heavy (non-hydrogen) atoms. The molecule has 0 saturated carbocycles. The Labute approximate surface area is 151 Å². The summed E-state index contributed by atoms with van der Waals surface area (Å²) in [7, 11) is 2.37. The SMILES string of the molecule is CC1=CC(C)=[C]([Ti]([CH3])([CH3])(=[SiH2])[C]2=C(C)C=C(C)C2C)C1C.Cl.Cl. The van der Waals surface area contributed by atoms with Crippen LogP contribution in [0.4, 0.5) is 0 Å². The molecule has 0 aromatic carbocycles. The number of allylic oxidation sites excluding steroid dienone is 8. The molecule has 0 amide bonds. The summed E-state index contributed by atoms with van der Waals surface area (Å²) in [5, 5.41) is 5.28. The van der Waals surface area contributed by atoms with Crippen LogP contribution < -0.4 is 0 Å². The fourth-order valence-corrected chi connectivity index (χ4v) is 19.5. The van der Waals surface area contributed by atoms with Crippen molar-refractivity contribution in [3.8, 4) is 0 Å². The van der Waals surface area contributed by atoms with Crippen LogP contribution in [0, 0.1) is 11.8 Å². The van der Waals surface area contributed by atoms with Crippen molar-refractivity contribution < 1.29 is 14.0 Å². The van der Waals surface area contributed by atoms with Crippen molar-refractivity contribution in [2.45, 2.75) is 52.0 Å². The van der Waals surface area contributed by atoms with E-state index in [0.717, 1.165) is 0 Å². The van der Waals surface area contributed by atoms with Crippen LogP contribution in [-0.4, -0.2) is 7.63 Å². The van der Waals surface area contributed by atoms with Crippen molar-refractivity contribution in [3.05, 3.63) is 42.2 Å². The first-order valence-corrected chi connectivity index (χ1v) is 16.5. The van der Waals surface area contributed by atoms with Crippen LogP contribution in [0.25, 0.3) is 0 Å². The maximum Gasteiger partial charge on any atom is -0.147 e. The van der Waals surface area contributed by atoms with Crippen LogP contribution in [0.5, 0.6) is 0 Å². The van der Waals surface area contributed by atoms with E-state index in [4.69, 9.17) is 0 Å². The Morgan fingerprint density at radius 2 is 1.05 bits per heavy atom. The van der Waals surface area contributed by atoms with Crippen molar-refractivity contribution >= 4 is 32.4 Å². The summed E-state index contributed by atoms with van der Waals surface area (Å²) < 4.78 is 3.62. The average molecular weight is 395 g/mol. The molecule has 0 N–H and O–H groups in total. The summed E-state index contributed by atoms with van der Waals surface area (Å²) in [6.45, 7) is 14.1. The fourth-order valence-electron chi connectivity index (χ4n) is 5.03. The first kappa shape index (κ1) is 22.5. The minimum absolute atomic E-state index is 0. The van der Waals surface area contributed by atoms with E-state index in [0.29, 0.717) is 11.8 Å². The van der Waals surface area contributed by atoms with E-state index >= 15 is 0 Å². The molecule has 0 bridgehead atoms. The molecule has 126 valence electrons. The van der Waals surface area contributed by atoms with Gasteiger partial charge in [-0.2, -0.15) is 0 Å². The Hall–Kier alpha value is 0.471. The van der Waals surface area contributed by atoms with E-state index in [2.05, 4.69) is 71.8 Å². The number of hydrogen-bond donors (Lipinski definition) is 0. The Bertz CT molecular complexity index is 619. The Kier molecular flexibility index (Phi) is 6.91. The molecule has 0 nitrogen and oxygen atoms in total. The topological polar surface area (TPSA) is 0 Å². The fraction of sp³-hybridized carbons (Fsp3) is 0.556. The third kappa shape index (κ3) is 3.30. The number of halogens is 2. The third-order valence-electron chi connectivity index (χ3n) is 5.70. The van der Waals surface area contributed by atoms with Gasteiger partial charge < -0.3 is 0 Å². The van der Waals surface area contributed by atoms with E-state index in [1.54, 1.807) is 22.3 Å². The molecule has 2 unspecified atom stereocenters. The van der Waals surface area contributed by atoms with Crippen molar-refractivity contribution in [2.24, 2.45) is 11.8 Å². The molecule has 0 fully saturated rings. The normalized spacial score (nSPS) is 25.7. The minimum Gasteiger partial charge on any atom is -0.147 e. The molecule has 4 heteroatoms. The van der Waals surface area contributed by atoms with Crippen molar-refractivity contribution in [2.75, 3.05) is 0 Å². The van der Waals surface area contributed by atoms with Crippen LogP contribution in [0.1, 0.15) is 41.5 Å². The molecule has 0 heterocycles. The van der Waals surface area contributed by atoms with Gasteiger partial charge in [-0.3, -0.25) is 0 Å². The van der Waals surface area contributed by atoms with Gasteiger partial charge in [0.2, 0.25) is 0 Å². The second kappa shape index (κ2) is 6.76. The molecular weight excluding hydrogens is 363 g/mol. The predicted octanol–water partition coefficient (Wildman–Crippen LogP) is 5.90. The molecule has 0 saturated heterocycles. The van der Waals surface area contributed by atoms with Gasteiger partial charge >= 0.3 is 128 Å². The van der Waals surface area contributed by atoms with Gasteiger partial charge in [0.25, 0.3) is 0 Å². The zero-order valence-electron chi connectivity index (χ0n) is 15.3. The molecule has 2 rings (SSSR count). The van der Waals surface area contributed by atoms with E-state index in [-0.39, 0.29) is 24.8 Å². The van der Waals surface area contributed by atoms with Gasteiger partial charge in [-0.25, -0.2) is 0 Å². The first-order chi connectivity index (χ1) is 8.96. The van der Waals surface area contributed by atoms with Crippen LogP contribution >= 0.6 is 24.8 Å². The van der Waals surface area contributed by atoms with Gasteiger partial charge in [-0.1, -0.05) is 0 Å². The summed E-state index contributed by atoms with van der Waals surface area (Å²) in [5.41, 5.74) is 6.22. The number of rotatable bonds is 2. The molecule has 0 aliphatic heterocycles. The molecular formula is C18H32Cl2SiTi. The smallest absolute Gasteiger partial charge is 0.147 e. The van der Waals surface area contributed by atoms with Gasteiger partial charge in [0.1, 0.15) is 0 Å². The molecule has 0 radical (unpaired) electrons. The summed E-state index contributed by atoms with van der Waals surface area (Å²) in [4.78, 5) is 0. The van der Waals surface area contributed by atoms with Crippen LogP contribution in [0.3, 0.4) is 0 Å². The standard InChI is InChI=1S/2C8H11.2CH3.2ClH.H2Si.Ti/c2*1-6-4-7(2)8(3)5-6;;;;;;/h2*4,8H,1-3H3;2*1H3;2*1H;1H2;. The summed E-state index contributed by atoms with van der Waals surface area (Å²) in [5.74, 6) is 1.29. The largest absolute Gasteiger partial charge is 0.147 e. The Morgan fingerprint density at radius 3 is 1.23 bits per heavy atom. The number of hydrogen-bond acceptors (Lipinski definition) is 0. The summed E-state index contributed by atoms with van der Waals surface area (Å²) >= 11 is -2.78. The maximum atomic E-state index is 2.64. The molecule has 0 aromatic heterocycles. The van der Waals surface area contributed by atoms with E-state index in [1.807, 2.05) is 7.76 Å². The second-order valence-corrected chi connectivity index (χ2v) is 26.9. The van der Waals surface area contributed by atoms with Gasteiger partial charge in [0.15, 0.2) is 0 Å².